The molecule has 10 heteroatoms. The van der Waals surface area contributed by atoms with Crippen molar-refractivity contribution >= 4 is 56.5 Å². The van der Waals surface area contributed by atoms with Crippen LogP contribution in [-0.4, -0.2) is 40.7 Å². The summed E-state index contributed by atoms with van der Waals surface area (Å²) in [5, 5.41) is 9.52. The Morgan fingerprint density at radius 1 is 1.14 bits per heavy atom. The molecule has 1 N–H and O–H groups in total. The molecule has 1 fully saturated rings. The molecule has 190 valence electrons. The number of thioether (sulfide) groups is 1. The highest BCUT2D eigenvalue weighted by molar-refractivity contribution is 9.10. The first-order valence-electron chi connectivity index (χ1n) is 11.2. The molecule has 0 saturated carbocycles. The third-order valence-electron chi connectivity index (χ3n) is 5.33. The summed E-state index contributed by atoms with van der Waals surface area (Å²) in [4.78, 5) is 30.3. The molecule has 0 aromatic heterocycles. The lowest BCUT2D eigenvalue weighted by Gasteiger charge is -2.14. The van der Waals surface area contributed by atoms with E-state index in [0.717, 1.165) is 0 Å². The zero-order valence-electron chi connectivity index (χ0n) is 19.9. The number of amidine groups is 1. The van der Waals surface area contributed by atoms with Crippen LogP contribution in [0.5, 0.6) is 11.5 Å². The van der Waals surface area contributed by atoms with E-state index in [0.29, 0.717) is 49.5 Å². The molecule has 0 radical (unpaired) electrons. The van der Waals surface area contributed by atoms with E-state index in [1.165, 1.54) is 34.9 Å². The molecule has 0 spiro atoms. The minimum absolute atomic E-state index is 0.0338. The maximum atomic E-state index is 14.0. The lowest BCUT2D eigenvalue weighted by molar-refractivity contribution is -0.121. The van der Waals surface area contributed by atoms with Gasteiger partial charge in [0.1, 0.15) is 12.4 Å². The minimum atomic E-state index is -1.02. The van der Waals surface area contributed by atoms with Crippen molar-refractivity contribution in [1.29, 1.82) is 0 Å². The summed E-state index contributed by atoms with van der Waals surface area (Å²) in [5.41, 5.74) is 1.81. The molecular weight excluding hydrogens is 563 g/mol. The SMILES string of the molecule is CCOc1cc(/C=C2\SC(=Nc3ccc(C(=O)O)cc3)N(C)C2=O)c(Br)cc1OCc1ccccc1F. The van der Waals surface area contributed by atoms with E-state index in [4.69, 9.17) is 14.6 Å². The van der Waals surface area contributed by atoms with Crippen LogP contribution >= 0.6 is 27.7 Å². The van der Waals surface area contributed by atoms with Gasteiger partial charge in [0.2, 0.25) is 0 Å². The van der Waals surface area contributed by atoms with E-state index >= 15 is 0 Å². The Balaban J connectivity index is 1.58. The number of hydrogen-bond donors (Lipinski definition) is 1. The molecule has 0 aliphatic carbocycles. The van der Waals surface area contributed by atoms with Gasteiger partial charge in [-0.15, -0.1) is 0 Å². The Hall–Kier alpha value is -3.63. The molecule has 1 amide bonds. The number of rotatable bonds is 8. The molecule has 0 atom stereocenters. The van der Waals surface area contributed by atoms with Crippen molar-refractivity contribution < 1.29 is 28.6 Å². The van der Waals surface area contributed by atoms with Crippen molar-refractivity contribution in [3.05, 3.63) is 92.5 Å². The molecule has 0 bridgehead atoms. The largest absolute Gasteiger partial charge is 0.490 e. The third-order valence-corrected chi connectivity index (χ3v) is 7.08. The lowest BCUT2D eigenvalue weighted by Crippen LogP contribution is -2.23. The first-order chi connectivity index (χ1) is 17.8. The van der Waals surface area contributed by atoms with Gasteiger partial charge >= 0.3 is 5.97 Å². The second kappa shape index (κ2) is 11.6. The van der Waals surface area contributed by atoms with Gasteiger partial charge in [-0.05, 0) is 72.8 Å². The summed E-state index contributed by atoms with van der Waals surface area (Å²) < 4.78 is 26.3. The minimum Gasteiger partial charge on any atom is -0.490 e. The lowest BCUT2D eigenvalue weighted by atomic mass is 10.1. The fourth-order valence-electron chi connectivity index (χ4n) is 3.40. The van der Waals surface area contributed by atoms with Crippen molar-refractivity contribution in [3.63, 3.8) is 0 Å². The smallest absolute Gasteiger partial charge is 0.335 e. The van der Waals surface area contributed by atoms with Crippen molar-refractivity contribution in [2.45, 2.75) is 13.5 Å². The van der Waals surface area contributed by atoms with Crippen LogP contribution in [0.3, 0.4) is 0 Å². The van der Waals surface area contributed by atoms with Gasteiger partial charge in [-0.25, -0.2) is 14.2 Å². The predicted octanol–water partition coefficient (Wildman–Crippen LogP) is 6.50. The third kappa shape index (κ3) is 6.20. The number of carbonyl (C=O) groups excluding carboxylic acids is 1. The number of carbonyl (C=O) groups is 2. The van der Waals surface area contributed by atoms with Crippen LogP contribution in [0.1, 0.15) is 28.4 Å². The van der Waals surface area contributed by atoms with Gasteiger partial charge < -0.3 is 14.6 Å². The Bertz CT molecular complexity index is 1410. The Labute approximate surface area is 225 Å². The summed E-state index contributed by atoms with van der Waals surface area (Å²) in [6.07, 6.45) is 1.73. The predicted molar refractivity (Wildman–Crippen MR) is 145 cm³/mol. The fraction of sp³-hybridized carbons (Fsp3) is 0.148. The Morgan fingerprint density at radius 2 is 1.84 bits per heavy atom. The summed E-state index contributed by atoms with van der Waals surface area (Å²) >= 11 is 4.74. The molecule has 3 aromatic carbocycles. The highest BCUT2D eigenvalue weighted by Crippen LogP contribution is 2.38. The van der Waals surface area contributed by atoms with E-state index in [2.05, 4.69) is 20.9 Å². The summed E-state index contributed by atoms with van der Waals surface area (Å²) in [6.45, 7) is 2.27. The molecule has 0 unspecified atom stereocenters. The monoisotopic (exact) mass is 584 g/mol. The highest BCUT2D eigenvalue weighted by atomic mass is 79.9. The molecule has 37 heavy (non-hydrogen) atoms. The van der Waals surface area contributed by atoms with E-state index in [1.807, 2.05) is 6.92 Å². The zero-order valence-corrected chi connectivity index (χ0v) is 22.3. The maximum absolute atomic E-state index is 14.0. The van der Waals surface area contributed by atoms with Gasteiger partial charge in [0.25, 0.3) is 5.91 Å². The van der Waals surface area contributed by atoms with Crippen LogP contribution in [0.2, 0.25) is 0 Å². The number of halogens is 2. The number of benzene rings is 3. The second-order valence-electron chi connectivity index (χ2n) is 7.85. The molecule has 1 saturated heterocycles. The average Bonchev–Trinajstić information content (AvgIpc) is 3.14. The first kappa shape index (κ1) is 26.4. The maximum Gasteiger partial charge on any atom is 0.335 e. The number of carboxylic acids is 1. The highest BCUT2D eigenvalue weighted by Gasteiger charge is 2.30. The van der Waals surface area contributed by atoms with Gasteiger partial charge in [0, 0.05) is 17.1 Å². The first-order valence-corrected chi connectivity index (χ1v) is 12.8. The fourth-order valence-corrected chi connectivity index (χ4v) is 4.81. The normalized spacial score (nSPS) is 15.5. The second-order valence-corrected chi connectivity index (χ2v) is 9.72. The van der Waals surface area contributed by atoms with Gasteiger partial charge in [0.05, 0.1) is 22.8 Å². The van der Waals surface area contributed by atoms with E-state index in [-0.39, 0.29) is 23.9 Å². The molecular formula is C27H22BrFN2O5S. The Kier molecular flexibility index (Phi) is 8.30. The van der Waals surface area contributed by atoms with Crippen molar-refractivity contribution in [3.8, 4) is 11.5 Å². The number of nitrogens with zero attached hydrogens (tertiary/aromatic N) is 2. The van der Waals surface area contributed by atoms with Crippen LogP contribution in [0.4, 0.5) is 10.1 Å². The number of aromatic carboxylic acids is 1. The topological polar surface area (TPSA) is 88.4 Å². The molecule has 1 aliphatic heterocycles. The van der Waals surface area contributed by atoms with E-state index in [9.17, 15) is 14.0 Å². The van der Waals surface area contributed by atoms with Crippen LogP contribution < -0.4 is 9.47 Å². The number of amides is 1. The molecule has 1 aliphatic rings. The number of ether oxygens (including phenoxy) is 2. The van der Waals surface area contributed by atoms with E-state index < -0.39 is 5.97 Å². The number of carboxylic acid groups (broad SMARTS) is 1. The summed E-state index contributed by atoms with van der Waals surface area (Å²) in [5.74, 6) is -0.695. The van der Waals surface area contributed by atoms with Crippen LogP contribution in [0.15, 0.2) is 75.0 Å². The van der Waals surface area contributed by atoms with Crippen molar-refractivity contribution in [2.24, 2.45) is 4.99 Å². The number of likely N-dealkylation sites (N-methyl/N-ethyl adjacent to an activating group) is 1. The van der Waals surface area contributed by atoms with Crippen molar-refractivity contribution in [2.75, 3.05) is 13.7 Å². The van der Waals surface area contributed by atoms with Gasteiger partial charge in [-0.3, -0.25) is 9.69 Å². The van der Waals surface area contributed by atoms with Crippen LogP contribution in [-0.2, 0) is 11.4 Å². The molecule has 3 aromatic rings. The summed E-state index contributed by atoms with van der Waals surface area (Å²) in [6, 6.07) is 16.0. The van der Waals surface area contributed by atoms with Crippen molar-refractivity contribution in [1.82, 2.24) is 4.90 Å². The van der Waals surface area contributed by atoms with Gasteiger partial charge in [0.15, 0.2) is 16.7 Å². The Morgan fingerprint density at radius 3 is 2.51 bits per heavy atom. The molecule has 4 rings (SSSR count). The zero-order chi connectivity index (χ0) is 26.5. The molecule has 7 nitrogen and oxygen atoms in total. The number of aliphatic imine (C=N–C) groups is 1. The average molecular weight is 585 g/mol. The van der Waals surface area contributed by atoms with Crippen LogP contribution in [0, 0.1) is 5.82 Å². The van der Waals surface area contributed by atoms with Gasteiger partial charge in [-0.2, -0.15) is 0 Å². The quantitative estimate of drug-likeness (QED) is 0.304. The van der Waals surface area contributed by atoms with Gasteiger partial charge in [-0.1, -0.05) is 34.1 Å². The number of hydrogen-bond acceptors (Lipinski definition) is 6. The standard InChI is InChI=1S/C27H22BrFN2O5S/c1-3-35-22-12-18(20(28)14-23(22)36-15-17-6-4-5-7-21(17)29)13-24-25(32)31(2)27(37-24)30-19-10-8-16(9-11-19)26(33)34/h4-14H,3,15H2,1-2H3,(H,33,34)/b24-13-,30-27?. The summed E-state index contributed by atoms with van der Waals surface area (Å²) in [7, 11) is 1.63. The molecule has 1 heterocycles. The van der Waals surface area contributed by atoms with Crippen LogP contribution in [0.25, 0.3) is 6.08 Å². The van der Waals surface area contributed by atoms with E-state index in [1.54, 1.807) is 55.6 Å².